The van der Waals surface area contributed by atoms with Crippen LogP contribution in [-0.4, -0.2) is 20.6 Å². The van der Waals surface area contributed by atoms with Crippen LogP contribution >= 0.6 is 0 Å². The van der Waals surface area contributed by atoms with Gasteiger partial charge in [0.2, 0.25) is 0 Å². The zero-order chi connectivity index (χ0) is 24.2. The predicted molar refractivity (Wildman–Crippen MR) is 127 cm³/mol. The number of fused-ring (bicyclic) bond motifs is 1. The van der Waals surface area contributed by atoms with Crippen LogP contribution < -0.4 is 5.56 Å². The van der Waals surface area contributed by atoms with Gasteiger partial charge in [-0.2, -0.15) is 5.10 Å². The standard InChI is InChI=1S/C27H25F2N3O2/c1-3-24(19-12-14-20(28)15-13-19)31(17-18-8-7-9-21(29)16-18)27(34)25-22-10-5-6-11-23(22)26(33)32(4-2)30-25/h5-16,24H,3-4,17H2,1-2H3. The molecule has 4 rings (SSSR count). The molecule has 0 N–H and O–H groups in total. The molecule has 0 saturated carbocycles. The Morgan fingerprint density at radius 2 is 1.65 bits per heavy atom. The number of benzene rings is 3. The Balaban J connectivity index is 1.88. The molecule has 0 radical (unpaired) electrons. The highest BCUT2D eigenvalue weighted by atomic mass is 19.1. The SMILES string of the molecule is CCC(c1ccc(F)cc1)N(Cc1cccc(F)c1)C(=O)c1nn(CC)c(=O)c2ccccc12. The third-order valence-electron chi connectivity index (χ3n) is 5.89. The second kappa shape index (κ2) is 9.95. The number of aryl methyl sites for hydroxylation is 1. The number of carbonyl (C=O) groups is 1. The van der Waals surface area contributed by atoms with Crippen LogP contribution in [0.4, 0.5) is 8.78 Å². The molecule has 1 atom stereocenters. The molecule has 34 heavy (non-hydrogen) atoms. The third kappa shape index (κ3) is 4.59. The lowest BCUT2D eigenvalue weighted by Crippen LogP contribution is -2.37. The fourth-order valence-corrected chi connectivity index (χ4v) is 4.22. The summed E-state index contributed by atoms with van der Waals surface area (Å²) < 4.78 is 28.8. The van der Waals surface area contributed by atoms with E-state index in [-0.39, 0.29) is 29.5 Å². The van der Waals surface area contributed by atoms with Crippen LogP contribution in [0.15, 0.2) is 77.6 Å². The van der Waals surface area contributed by atoms with Gasteiger partial charge in [-0.25, -0.2) is 13.5 Å². The lowest BCUT2D eigenvalue weighted by Gasteiger charge is -2.32. The van der Waals surface area contributed by atoms with Crippen molar-refractivity contribution in [1.29, 1.82) is 0 Å². The Labute approximate surface area is 196 Å². The summed E-state index contributed by atoms with van der Waals surface area (Å²) >= 11 is 0. The molecular weight excluding hydrogens is 436 g/mol. The van der Waals surface area contributed by atoms with Crippen molar-refractivity contribution < 1.29 is 13.6 Å². The fraction of sp³-hybridized carbons (Fsp3) is 0.222. The summed E-state index contributed by atoms with van der Waals surface area (Å²) in [5.74, 6) is -1.16. The van der Waals surface area contributed by atoms with Crippen molar-refractivity contribution in [1.82, 2.24) is 14.7 Å². The van der Waals surface area contributed by atoms with Crippen molar-refractivity contribution in [3.63, 3.8) is 0 Å². The quantitative estimate of drug-likeness (QED) is 0.366. The molecule has 7 heteroatoms. The number of carbonyl (C=O) groups excluding carboxylic acids is 1. The largest absolute Gasteiger partial charge is 0.326 e. The summed E-state index contributed by atoms with van der Waals surface area (Å²) in [5, 5.41) is 5.27. The van der Waals surface area contributed by atoms with E-state index in [4.69, 9.17) is 0 Å². The number of hydrogen-bond donors (Lipinski definition) is 0. The normalized spacial score (nSPS) is 12.0. The van der Waals surface area contributed by atoms with Crippen LogP contribution in [-0.2, 0) is 13.1 Å². The summed E-state index contributed by atoms with van der Waals surface area (Å²) in [4.78, 5) is 28.4. The van der Waals surface area contributed by atoms with Crippen LogP contribution in [0, 0.1) is 11.6 Å². The average molecular weight is 462 g/mol. The molecule has 174 valence electrons. The highest BCUT2D eigenvalue weighted by Crippen LogP contribution is 2.29. The van der Waals surface area contributed by atoms with Crippen LogP contribution in [0.2, 0.25) is 0 Å². The van der Waals surface area contributed by atoms with E-state index in [0.717, 1.165) is 5.56 Å². The summed E-state index contributed by atoms with van der Waals surface area (Å²) in [6.07, 6.45) is 0.540. The summed E-state index contributed by atoms with van der Waals surface area (Å²) in [5.41, 5.74) is 1.25. The molecule has 5 nitrogen and oxygen atoms in total. The van der Waals surface area contributed by atoms with Crippen molar-refractivity contribution in [3.8, 4) is 0 Å². The molecule has 3 aromatic carbocycles. The molecule has 0 bridgehead atoms. The lowest BCUT2D eigenvalue weighted by molar-refractivity contribution is 0.0645. The predicted octanol–water partition coefficient (Wildman–Crippen LogP) is 5.49. The average Bonchev–Trinajstić information content (AvgIpc) is 2.85. The minimum Gasteiger partial charge on any atom is -0.326 e. The summed E-state index contributed by atoms with van der Waals surface area (Å²) in [6, 6.07) is 18.5. The summed E-state index contributed by atoms with van der Waals surface area (Å²) in [6.45, 7) is 4.14. The van der Waals surface area contributed by atoms with Crippen molar-refractivity contribution in [2.45, 2.75) is 39.4 Å². The Hall–Kier alpha value is -3.87. The van der Waals surface area contributed by atoms with Gasteiger partial charge >= 0.3 is 0 Å². The second-order valence-corrected chi connectivity index (χ2v) is 8.05. The van der Waals surface area contributed by atoms with Gasteiger partial charge in [-0.15, -0.1) is 0 Å². The van der Waals surface area contributed by atoms with Gasteiger partial charge in [0, 0.05) is 18.5 Å². The van der Waals surface area contributed by atoms with Gasteiger partial charge in [0.1, 0.15) is 11.6 Å². The highest BCUT2D eigenvalue weighted by Gasteiger charge is 2.28. The van der Waals surface area contributed by atoms with E-state index in [0.29, 0.717) is 29.3 Å². The minimum absolute atomic E-state index is 0.119. The second-order valence-electron chi connectivity index (χ2n) is 8.05. The van der Waals surface area contributed by atoms with Crippen molar-refractivity contribution in [3.05, 3.63) is 112 Å². The summed E-state index contributed by atoms with van der Waals surface area (Å²) in [7, 11) is 0. The Morgan fingerprint density at radius 1 is 0.941 bits per heavy atom. The molecule has 1 aromatic heterocycles. The minimum atomic E-state index is -0.418. The van der Waals surface area contributed by atoms with Gasteiger partial charge in [-0.3, -0.25) is 9.59 Å². The van der Waals surface area contributed by atoms with E-state index in [9.17, 15) is 18.4 Å². The Morgan fingerprint density at radius 3 is 2.29 bits per heavy atom. The number of aromatic nitrogens is 2. The van der Waals surface area contributed by atoms with Gasteiger partial charge in [0.05, 0.1) is 11.4 Å². The molecule has 0 fully saturated rings. The molecule has 1 unspecified atom stereocenters. The van der Waals surface area contributed by atoms with E-state index in [1.54, 1.807) is 60.4 Å². The molecule has 0 saturated heterocycles. The molecule has 0 aliphatic heterocycles. The van der Waals surface area contributed by atoms with Gasteiger partial charge in [-0.1, -0.05) is 49.4 Å². The zero-order valence-corrected chi connectivity index (χ0v) is 19.0. The maximum Gasteiger partial charge on any atom is 0.275 e. The topological polar surface area (TPSA) is 55.2 Å². The molecule has 1 amide bonds. The molecule has 0 aliphatic rings. The van der Waals surface area contributed by atoms with Crippen molar-refractivity contribution in [2.75, 3.05) is 0 Å². The Kier molecular flexibility index (Phi) is 6.82. The van der Waals surface area contributed by atoms with Gasteiger partial charge in [0.15, 0.2) is 5.69 Å². The van der Waals surface area contributed by atoms with E-state index < -0.39 is 11.9 Å². The lowest BCUT2D eigenvalue weighted by atomic mass is 10.0. The van der Waals surface area contributed by atoms with Crippen molar-refractivity contribution in [2.24, 2.45) is 0 Å². The first-order valence-corrected chi connectivity index (χ1v) is 11.2. The van der Waals surface area contributed by atoms with Crippen LogP contribution in [0.1, 0.15) is 47.9 Å². The van der Waals surface area contributed by atoms with Crippen LogP contribution in [0.5, 0.6) is 0 Å². The maximum atomic E-state index is 14.0. The third-order valence-corrected chi connectivity index (χ3v) is 5.89. The monoisotopic (exact) mass is 461 g/mol. The zero-order valence-electron chi connectivity index (χ0n) is 19.0. The Bertz CT molecular complexity index is 1380. The van der Waals surface area contributed by atoms with E-state index in [1.807, 2.05) is 6.92 Å². The fourth-order valence-electron chi connectivity index (χ4n) is 4.22. The molecule has 0 aliphatic carbocycles. The number of hydrogen-bond acceptors (Lipinski definition) is 3. The first kappa shape index (κ1) is 23.3. The first-order chi connectivity index (χ1) is 16.4. The maximum absolute atomic E-state index is 14.0. The van der Waals surface area contributed by atoms with E-state index in [1.165, 1.54) is 28.9 Å². The smallest absolute Gasteiger partial charge is 0.275 e. The van der Waals surface area contributed by atoms with Crippen LogP contribution in [0.25, 0.3) is 10.8 Å². The molecule has 1 heterocycles. The molecular formula is C27H25F2N3O2. The van der Waals surface area contributed by atoms with Crippen molar-refractivity contribution >= 4 is 16.7 Å². The number of halogens is 2. The van der Waals surface area contributed by atoms with Gasteiger partial charge in [0.25, 0.3) is 11.5 Å². The number of amides is 1. The molecule has 0 spiro atoms. The van der Waals surface area contributed by atoms with Crippen LogP contribution in [0.3, 0.4) is 0 Å². The van der Waals surface area contributed by atoms with E-state index >= 15 is 0 Å². The number of nitrogens with zero attached hydrogens (tertiary/aromatic N) is 3. The van der Waals surface area contributed by atoms with E-state index in [2.05, 4.69) is 5.10 Å². The highest BCUT2D eigenvalue weighted by molar-refractivity contribution is 6.04. The first-order valence-electron chi connectivity index (χ1n) is 11.2. The van der Waals surface area contributed by atoms with Gasteiger partial charge in [-0.05, 0) is 54.8 Å². The molecule has 4 aromatic rings. The van der Waals surface area contributed by atoms with Gasteiger partial charge < -0.3 is 4.90 Å². The number of rotatable bonds is 7.